The Hall–Kier alpha value is -2.83. The van der Waals surface area contributed by atoms with Gasteiger partial charge in [-0.1, -0.05) is 24.3 Å². The van der Waals surface area contributed by atoms with Gasteiger partial charge in [0.1, 0.15) is 24.7 Å². The highest BCUT2D eigenvalue weighted by Crippen LogP contribution is 2.22. The zero-order valence-electron chi connectivity index (χ0n) is 16.8. The molecule has 5 nitrogen and oxygen atoms in total. The molecule has 1 aromatic heterocycles. The van der Waals surface area contributed by atoms with E-state index in [0.29, 0.717) is 19.7 Å². The van der Waals surface area contributed by atoms with Gasteiger partial charge in [-0.25, -0.2) is 0 Å². The number of rotatable bonds is 10. The van der Waals surface area contributed by atoms with Gasteiger partial charge in [-0.15, -0.1) is 11.3 Å². The summed E-state index contributed by atoms with van der Waals surface area (Å²) in [6.45, 7) is 2.28. The van der Waals surface area contributed by atoms with Crippen molar-refractivity contribution in [1.29, 1.82) is 0 Å². The van der Waals surface area contributed by atoms with Crippen molar-refractivity contribution in [3.05, 3.63) is 77.0 Å². The molecule has 1 unspecified atom stereocenters. The molecule has 0 bridgehead atoms. The number of nitrogens with zero attached hydrogens (tertiary/aromatic N) is 1. The molecule has 3 aromatic rings. The van der Waals surface area contributed by atoms with Crippen LogP contribution in [0.1, 0.15) is 4.88 Å². The van der Waals surface area contributed by atoms with E-state index in [2.05, 4.69) is 6.07 Å². The number of anilines is 1. The Balaban J connectivity index is 1.60. The van der Waals surface area contributed by atoms with Gasteiger partial charge in [-0.3, -0.25) is 4.79 Å². The minimum Gasteiger partial charge on any atom is -0.497 e. The maximum absolute atomic E-state index is 13.1. The highest BCUT2D eigenvalue weighted by molar-refractivity contribution is 7.09. The van der Waals surface area contributed by atoms with Crippen molar-refractivity contribution in [2.24, 2.45) is 0 Å². The van der Waals surface area contributed by atoms with Gasteiger partial charge in [0.2, 0.25) is 0 Å². The van der Waals surface area contributed by atoms with Crippen LogP contribution in [-0.4, -0.2) is 39.8 Å². The Morgan fingerprint density at radius 3 is 2.41 bits per heavy atom. The summed E-state index contributed by atoms with van der Waals surface area (Å²) in [6, 6.07) is 21.4. The molecule has 0 radical (unpaired) electrons. The van der Waals surface area contributed by atoms with E-state index >= 15 is 0 Å². The molecule has 0 aliphatic heterocycles. The van der Waals surface area contributed by atoms with E-state index in [1.165, 1.54) is 0 Å². The predicted octanol–water partition coefficient (Wildman–Crippen LogP) is 2.88. The molecule has 152 valence electrons. The van der Waals surface area contributed by atoms with Crippen LogP contribution in [0.3, 0.4) is 0 Å². The van der Waals surface area contributed by atoms with Crippen LogP contribution in [0.25, 0.3) is 0 Å². The third-order valence-electron chi connectivity index (χ3n) is 4.57. The molecule has 0 saturated heterocycles. The number of carbonyl (C=O) groups excluding carboxylic acids is 1. The van der Waals surface area contributed by atoms with Gasteiger partial charge in [0.25, 0.3) is 5.91 Å². The van der Waals surface area contributed by atoms with E-state index in [1.807, 2.05) is 78.0 Å². The second kappa shape index (κ2) is 10.6. The minimum absolute atomic E-state index is 0.0841. The molecular formula is C23H27N2O3S+. The van der Waals surface area contributed by atoms with Gasteiger partial charge in [-0.2, -0.15) is 0 Å². The third-order valence-corrected chi connectivity index (χ3v) is 5.43. The van der Waals surface area contributed by atoms with Gasteiger partial charge in [0, 0.05) is 10.6 Å². The molecule has 29 heavy (non-hydrogen) atoms. The molecule has 3 rings (SSSR count). The summed E-state index contributed by atoms with van der Waals surface area (Å²) in [6.07, 6.45) is 0. The number of methoxy groups -OCH3 is 1. The summed E-state index contributed by atoms with van der Waals surface area (Å²) in [7, 11) is 3.66. The number of ether oxygens (including phenoxy) is 2. The number of hydrogen-bond acceptors (Lipinski definition) is 4. The van der Waals surface area contributed by atoms with Crippen LogP contribution in [0.2, 0.25) is 0 Å². The van der Waals surface area contributed by atoms with Crippen LogP contribution in [0.4, 0.5) is 5.69 Å². The van der Waals surface area contributed by atoms with Crippen molar-refractivity contribution in [2.45, 2.75) is 6.54 Å². The first kappa shape index (κ1) is 20.9. The molecule has 0 aliphatic carbocycles. The Morgan fingerprint density at radius 1 is 1.00 bits per heavy atom. The van der Waals surface area contributed by atoms with Crippen molar-refractivity contribution in [2.75, 3.05) is 38.8 Å². The summed E-state index contributed by atoms with van der Waals surface area (Å²) in [5.74, 6) is 1.71. The first-order valence-electron chi connectivity index (χ1n) is 9.61. The van der Waals surface area contributed by atoms with Crippen LogP contribution >= 0.6 is 11.3 Å². The first-order valence-corrected chi connectivity index (χ1v) is 10.5. The second-order valence-electron chi connectivity index (χ2n) is 6.80. The molecular weight excluding hydrogens is 384 g/mol. The lowest BCUT2D eigenvalue weighted by Gasteiger charge is -2.24. The number of hydrogen-bond donors (Lipinski definition) is 1. The van der Waals surface area contributed by atoms with Crippen LogP contribution < -0.4 is 19.3 Å². The lowest BCUT2D eigenvalue weighted by Crippen LogP contribution is -3.10. The van der Waals surface area contributed by atoms with Crippen molar-refractivity contribution < 1.29 is 19.2 Å². The minimum atomic E-state index is 0.0841. The van der Waals surface area contributed by atoms with E-state index in [0.717, 1.165) is 33.5 Å². The number of amides is 1. The quantitative estimate of drug-likeness (QED) is 0.558. The standard InChI is InChI=1S/C23H26N2O3S/c1-24(14-15-28-21-7-4-3-5-8-21)18-23(26)25(17-22-9-6-16-29-22)19-10-12-20(27-2)13-11-19/h3-13,16H,14-15,17-18H2,1-2H3/p+1. The Labute approximate surface area is 176 Å². The fourth-order valence-electron chi connectivity index (χ4n) is 2.95. The Morgan fingerprint density at radius 2 is 1.76 bits per heavy atom. The summed E-state index contributed by atoms with van der Waals surface area (Å²) < 4.78 is 11.0. The van der Waals surface area contributed by atoms with Crippen LogP contribution in [0, 0.1) is 0 Å². The van der Waals surface area contributed by atoms with E-state index in [-0.39, 0.29) is 5.91 Å². The average molecular weight is 412 g/mol. The first-order chi connectivity index (χ1) is 14.2. The zero-order chi connectivity index (χ0) is 20.5. The van der Waals surface area contributed by atoms with Crippen molar-refractivity contribution in [3.8, 4) is 11.5 Å². The summed E-state index contributed by atoms with van der Waals surface area (Å²) >= 11 is 1.66. The molecule has 2 aromatic carbocycles. The van der Waals surface area contributed by atoms with Gasteiger partial charge < -0.3 is 19.3 Å². The highest BCUT2D eigenvalue weighted by Gasteiger charge is 2.20. The lowest BCUT2D eigenvalue weighted by molar-refractivity contribution is -0.871. The molecule has 1 heterocycles. The number of likely N-dealkylation sites (N-methyl/N-ethyl adjacent to an activating group) is 1. The molecule has 1 amide bonds. The monoisotopic (exact) mass is 411 g/mol. The Bertz CT molecular complexity index is 867. The van der Waals surface area contributed by atoms with Gasteiger partial charge in [0.05, 0.1) is 20.7 Å². The normalized spacial score (nSPS) is 11.7. The van der Waals surface area contributed by atoms with Crippen LogP contribution in [0.15, 0.2) is 72.1 Å². The number of benzene rings is 2. The van der Waals surface area contributed by atoms with E-state index in [4.69, 9.17) is 9.47 Å². The van der Waals surface area contributed by atoms with Crippen molar-refractivity contribution in [3.63, 3.8) is 0 Å². The summed E-state index contributed by atoms with van der Waals surface area (Å²) in [5.41, 5.74) is 0.873. The van der Waals surface area contributed by atoms with Crippen molar-refractivity contribution >= 4 is 22.9 Å². The molecule has 0 aliphatic rings. The maximum atomic E-state index is 13.1. The van der Waals surface area contributed by atoms with Gasteiger partial charge in [-0.05, 0) is 47.8 Å². The second-order valence-corrected chi connectivity index (χ2v) is 7.83. The van der Waals surface area contributed by atoms with Crippen LogP contribution in [0.5, 0.6) is 11.5 Å². The maximum Gasteiger partial charge on any atom is 0.282 e. The average Bonchev–Trinajstić information content (AvgIpc) is 3.26. The van der Waals surface area contributed by atoms with E-state index in [9.17, 15) is 4.79 Å². The molecule has 0 fully saturated rings. The zero-order valence-corrected chi connectivity index (χ0v) is 17.7. The summed E-state index contributed by atoms with van der Waals surface area (Å²) in [4.78, 5) is 17.2. The number of quaternary nitrogens is 1. The fraction of sp³-hybridized carbons (Fsp3) is 0.261. The SMILES string of the molecule is COc1ccc(N(Cc2cccs2)C(=O)C[NH+](C)CCOc2ccccc2)cc1. The van der Waals surface area contributed by atoms with Gasteiger partial charge in [0.15, 0.2) is 6.54 Å². The van der Waals surface area contributed by atoms with E-state index in [1.54, 1.807) is 18.4 Å². The number of para-hydroxylation sites is 1. The fourth-order valence-corrected chi connectivity index (χ4v) is 3.64. The predicted molar refractivity (Wildman–Crippen MR) is 117 cm³/mol. The van der Waals surface area contributed by atoms with Crippen molar-refractivity contribution in [1.82, 2.24) is 0 Å². The van der Waals surface area contributed by atoms with E-state index < -0.39 is 0 Å². The molecule has 1 N–H and O–H groups in total. The largest absolute Gasteiger partial charge is 0.497 e. The molecule has 1 atom stereocenters. The summed E-state index contributed by atoms with van der Waals surface area (Å²) in [5, 5.41) is 2.03. The van der Waals surface area contributed by atoms with Crippen LogP contribution in [-0.2, 0) is 11.3 Å². The topological polar surface area (TPSA) is 43.2 Å². The molecule has 6 heteroatoms. The Kier molecular flexibility index (Phi) is 7.67. The van der Waals surface area contributed by atoms with Gasteiger partial charge >= 0.3 is 0 Å². The highest BCUT2D eigenvalue weighted by atomic mass is 32.1. The third kappa shape index (κ3) is 6.34. The smallest absolute Gasteiger partial charge is 0.282 e. The molecule has 0 saturated carbocycles. The number of thiophene rings is 1. The number of nitrogens with one attached hydrogen (secondary N) is 1. The number of carbonyl (C=O) groups is 1. The lowest BCUT2D eigenvalue weighted by atomic mass is 10.2. The molecule has 0 spiro atoms.